The lowest BCUT2D eigenvalue weighted by Crippen LogP contribution is -2.55. The molecule has 1 aliphatic heterocycles. The first-order valence-electron chi connectivity index (χ1n) is 10.8. The number of guanidine groups is 1. The molecule has 0 spiro atoms. The molecule has 3 atom stereocenters. The third-order valence-electron chi connectivity index (χ3n) is 5.19. The van der Waals surface area contributed by atoms with Gasteiger partial charge < -0.3 is 43.6 Å². The Kier molecular flexibility index (Phi) is 12.0. The van der Waals surface area contributed by atoms with Crippen LogP contribution in [0.5, 0.6) is 0 Å². The van der Waals surface area contributed by atoms with Crippen LogP contribution in [0.4, 0.5) is 0 Å². The molecule has 0 aromatic carbocycles. The molecule has 1 saturated heterocycles. The van der Waals surface area contributed by atoms with Gasteiger partial charge in [0.25, 0.3) is 0 Å². The molecular weight excluding hydrogens is 420 g/mol. The lowest BCUT2D eigenvalue weighted by atomic mass is 10.1. The standard InChI is InChI=1S/C19H36N8O5/c20-8-2-1-5-13(18(31)32)26-16(29)12(6-3-9-24-19(22)23)25-17(30)14-7-4-10-27(14)15(28)11-21/h12-14H,1-11,20-21H2,(H,25,30)(H,26,29)(H,31,32)(H4,22,23,24). The van der Waals surface area contributed by atoms with Gasteiger partial charge in [-0.25, -0.2) is 4.79 Å². The molecule has 1 rings (SSSR count). The molecule has 182 valence electrons. The number of carboxylic acid groups (broad SMARTS) is 1. The van der Waals surface area contributed by atoms with Crippen LogP contribution in [-0.2, 0) is 19.2 Å². The number of amides is 3. The van der Waals surface area contributed by atoms with Crippen LogP contribution < -0.4 is 33.6 Å². The summed E-state index contributed by atoms with van der Waals surface area (Å²) in [5, 5.41) is 14.6. The van der Waals surface area contributed by atoms with E-state index in [2.05, 4.69) is 15.6 Å². The van der Waals surface area contributed by atoms with E-state index in [-0.39, 0.29) is 37.8 Å². The van der Waals surface area contributed by atoms with Crippen molar-refractivity contribution in [2.45, 2.75) is 63.1 Å². The Balaban J connectivity index is 2.86. The SMILES string of the molecule is NCCCCC(NC(=O)C(CCCN=C(N)N)NC(=O)C1CCCN1C(=O)CN)C(=O)O. The van der Waals surface area contributed by atoms with Crippen molar-refractivity contribution in [2.75, 3.05) is 26.2 Å². The van der Waals surface area contributed by atoms with Crippen LogP contribution in [0.2, 0.25) is 0 Å². The number of aliphatic carboxylic acids is 1. The average Bonchev–Trinajstić information content (AvgIpc) is 3.24. The summed E-state index contributed by atoms with van der Waals surface area (Å²) in [6.07, 6.45) is 3.04. The molecule has 13 heteroatoms. The molecular formula is C19H36N8O5. The maximum absolute atomic E-state index is 12.8. The van der Waals surface area contributed by atoms with Crippen molar-refractivity contribution >= 4 is 29.7 Å². The van der Waals surface area contributed by atoms with E-state index in [0.29, 0.717) is 45.2 Å². The third kappa shape index (κ3) is 9.06. The van der Waals surface area contributed by atoms with E-state index in [1.807, 2.05) is 0 Å². The number of unbranched alkanes of at least 4 members (excludes halogenated alkanes) is 1. The average molecular weight is 457 g/mol. The quantitative estimate of drug-likeness (QED) is 0.0809. The van der Waals surface area contributed by atoms with Gasteiger partial charge in [-0.3, -0.25) is 19.4 Å². The number of hydrogen-bond donors (Lipinski definition) is 7. The van der Waals surface area contributed by atoms with Gasteiger partial charge in [-0.1, -0.05) is 0 Å². The van der Waals surface area contributed by atoms with Gasteiger partial charge in [-0.15, -0.1) is 0 Å². The second-order valence-corrected chi connectivity index (χ2v) is 7.64. The summed E-state index contributed by atoms with van der Waals surface area (Å²) in [6, 6.07) is -2.84. The number of hydrogen-bond acceptors (Lipinski definition) is 7. The minimum atomic E-state index is -1.17. The maximum atomic E-state index is 12.8. The normalized spacial score (nSPS) is 17.3. The summed E-state index contributed by atoms with van der Waals surface area (Å²) in [7, 11) is 0. The molecule has 1 heterocycles. The van der Waals surface area contributed by atoms with Crippen molar-refractivity contribution < 1.29 is 24.3 Å². The zero-order chi connectivity index (χ0) is 24.1. The number of likely N-dealkylation sites (tertiary alicyclic amines) is 1. The van der Waals surface area contributed by atoms with E-state index in [1.165, 1.54) is 4.90 Å². The lowest BCUT2D eigenvalue weighted by molar-refractivity contribution is -0.143. The highest BCUT2D eigenvalue weighted by atomic mass is 16.4. The molecule has 0 radical (unpaired) electrons. The molecule has 11 N–H and O–H groups in total. The van der Waals surface area contributed by atoms with Crippen LogP contribution in [0.1, 0.15) is 44.9 Å². The van der Waals surface area contributed by atoms with Crippen molar-refractivity contribution in [2.24, 2.45) is 27.9 Å². The van der Waals surface area contributed by atoms with E-state index in [1.54, 1.807) is 0 Å². The van der Waals surface area contributed by atoms with E-state index in [9.17, 15) is 24.3 Å². The third-order valence-corrected chi connectivity index (χ3v) is 5.19. The van der Waals surface area contributed by atoms with Gasteiger partial charge >= 0.3 is 5.97 Å². The second kappa shape index (κ2) is 14.2. The fraction of sp³-hybridized carbons (Fsp3) is 0.737. The highest BCUT2D eigenvalue weighted by molar-refractivity contribution is 5.93. The van der Waals surface area contributed by atoms with Gasteiger partial charge in [0.15, 0.2) is 5.96 Å². The van der Waals surface area contributed by atoms with Gasteiger partial charge in [-0.05, 0) is 51.5 Å². The number of rotatable bonds is 14. The van der Waals surface area contributed by atoms with Crippen molar-refractivity contribution in [1.29, 1.82) is 0 Å². The van der Waals surface area contributed by atoms with E-state index in [4.69, 9.17) is 22.9 Å². The minimum Gasteiger partial charge on any atom is -0.480 e. The first-order chi connectivity index (χ1) is 15.2. The number of carbonyl (C=O) groups is 4. The molecule has 3 unspecified atom stereocenters. The number of nitrogens with zero attached hydrogens (tertiary/aromatic N) is 2. The zero-order valence-corrected chi connectivity index (χ0v) is 18.3. The van der Waals surface area contributed by atoms with Gasteiger partial charge in [-0.2, -0.15) is 0 Å². The molecule has 0 bridgehead atoms. The largest absolute Gasteiger partial charge is 0.480 e. The summed E-state index contributed by atoms with van der Waals surface area (Å²) in [6.45, 7) is 0.859. The molecule has 1 fully saturated rings. The van der Waals surface area contributed by atoms with Gasteiger partial charge in [0, 0.05) is 13.1 Å². The molecule has 13 nitrogen and oxygen atoms in total. The second-order valence-electron chi connectivity index (χ2n) is 7.64. The summed E-state index contributed by atoms with van der Waals surface area (Å²) >= 11 is 0. The fourth-order valence-corrected chi connectivity index (χ4v) is 3.52. The van der Waals surface area contributed by atoms with Crippen molar-refractivity contribution in [1.82, 2.24) is 15.5 Å². The molecule has 1 aliphatic rings. The van der Waals surface area contributed by atoms with Crippen LogP contribution in [0.15, 0.2) is 4.99 Å². The van der Waals surface area contributed by atoms with Crippen LogP contribution in [-0.4, -0.2) is 84.0 Å². The topological polar surface area (TPSA) is 232 Å². The number of aliphatic imine (C=N–C) groups is 1. The van der Waals surface area contributed by atoms with E-state index in [0.717, 1.165) is 0 Å². The first kappa shape index (κ1) is 27.1. The van der Waals surface area contributed by atoms with Crippen LogP contribution in [0, 0.1) is 0 Å². The highest BCUT2D eigenvalue weighted by Crippen LogP contribution is 2.18. The Morgan fingerprint density at radius 1 is 1.03 bits per heavy atom. The maximum Gasteiger partial charge on any atom is 0.326 e. The molecule has 3 amide bonds. The molecule has 0 aromatic rings. The molecule has 0 aliphatic carbocycles. The Morgan fingerprint density at radius 3 is 2.31 bits per heavy atom. The van der Waals surface area contributed by atoms with E-state index < -0.39 is 35.9 Å². The summed E-state index contributed by atoms with van der Waals surface area (Å²) < 4.78 is 0. The van der Waals surface area contributed by atoms with Crippen molar-refractivity contribution in [3.8, 4) is 0 Å². The predicted octanol–water partition coefficient (Wildman–Crippen LogP) is -2.83. The number of carboxylic acids is 1. The van der Waals surface area contributed by atoms with Crippen molar-refractivity contribution in [3.63, 3.8) is 0 Å². The Morgan fingerprint density at radius 2 is 1.72 bits per heavy atom. The minimum absolute atomic E-state index is 0.0947. The zero-order valence-electron chi connectivity index (χ0n) is 18.3. The Bertz CT molecular complexity index is 683. The van der Waals surface area contributed by atoms with Crippen LogP contribution in [0.3, 0.4) is 0 Å². The Labute approximate surface area is 187 Å². The summed E-state index contributed by atoms with van der Waals surface area (Å²) in [4.78, 5) is 54.5. The van der Waals surface area contributed by atoms with Gasteiger partial charge in [0.05, 0.1) is 6.54 Å². The molecule has 0 saturated carbocycles. The number of nitrogens with two attached hydrogens (primary N) is 4. The van der Waals surface area contributed by atoms with Gasteiger partial charge in [0.1, 0.15) is 18.1 Å². The van der Waals surface area contributed by atoms with Crippen LogP contribution >= 0.6 is 0 Å². The fourth-order valence-electron chi connectivity index (χ4n) is 3.52. The monoisotopic (exact) mass is 456 g/mol. The smallest absolute Gasteiger partial charge is 0.326 e. The van der Waals surface area contributed by atoms with E-state index >= 15 is 0 Å². The van der Waals surface area contributed by atoms with Crippen molar-refractivity contribution in [3.05, 3.63) is 0 Å². The lowest BCUT2D eigenvalue weighted by Gasteiger charge is -2.26. The molecule has 0 aromatic heterocycles. The summed E-state index contributed by atoms with van der Waals surface area (Å²) in [5.74, 6) is -2.72. The highest BCUT2D eigenvalue weighted by Gasteiger charge is 2.35. The first-order valence-corrected chi connectivity index (χ1v) is 10.8. The summed E-state index contributed by atoms with van der Waals surface area (Å²) in [5.41, 5.74) is 21.5. The number of carbonyl (C=O) groups excluding carboxylic acids is 3. The molecule has 32 heavy (non-hydrogen) atoms. The predicted molar refractivity (Wildman–Crippen MR) is 118 cm³/mol. The Hall–Kier alpha value is -2.93. The van der Waals surface area contributed by atoms with Gasteiger partial charge in [0.2, 0.25) is 17.7 Å². The number of nitrogens with one attached hydrogen (secondary N) is 2. The van der Waals surface area contributed by atoms with Crippen LogP contribution in [0.25, 0.3) is 0 Å².